The van der Waals surface area contributed by atoms with E-state index in [4.69, 9.17) is 4.98 Å². The van der Waals surface area contributed by atoms with Gasteiger partial charge < -0.3 is 15.6 Å². The van der Waals surface area contributed by atoms with Crippen LogP contribution in [-0.2, 0) is 4.79 Å². The van der Waals surface area contributed by atoms with E-state index in [0.717, 1.165) is 22.2 Å². The Balaban J connectivity index is 1.64. The standard InChI is InChI=1S/C22H17N7O/c1-13(30)26-17-3-2-4-18(10-17)27-22-20(28-21-16(11-23)12-25-29(21)22)15-6-5-14-7-8-24-19(14)9-15/h2-10,12,24-25,27H,1H3,(H,26,30). The number of hydrogen-bond acceptors (Lipinski definition) is 4. The predicted molar refractivity (Wildman–Crippen MR) is 116 cm³/mol. The summed E-state index contributed by atoms with van der Waals surface area (Å²) in [5.74, 6) is 0.555. The predicted octanol–water partition coefficient (Wildman–Crippen LogP) is 4.38. The highest BCUT2D eigenvalue weighted by Gasteiger charge is 2.19. The molecule has 3 aromatic heterocycles. The van der Waals surface area contributed by atoms with Crippen LogP contribution in [0, 0.1) is 11.3 Å². The Bertz CT molecular complexity index is 1450. The Morgan fingerprint density at radius 3 is 2.87 bits per heavy atom. The molecule has 4 N–H and O–H groups in total. The van der Waals surface area contributed by atoms with Gasteiger partial charge in [-0.15, -0.1) is 0 Å². The summed E-state index contributed by atoms with van der Waals surface area (Å²) in [6.45, 7) is 1.47. The molecule has 0 aliphatic rings. The summed E-state index contributed by atoms with van der Waals surface area (Å²) in [5, 5.41) is 19.8. The molecule has 0 spiro atoms. The number of aromatic amines is 2. The third kappa shape index (κ3) is 2.95. The number of imidazole rings is 1. The van der Waals surface area contributed by atoms with Crippen LogP contribution in [0.5, 0.6) is 0 Å². The molecular weight excluding hydrogens is 378 g/mol. The second-order valence-corrected chi connectivity index (χ2v) is 6.93. The summed E-state index contributed by atoms with van der Waals surface area (Å²) in [5.41, 5.74) is 5.08. The summed E-state index contributed by atoms with van der Waals surface area (Å²) in [7, 11) is 0. The molecule has 146 valence electrons. The molecule has 0 radical (unpaired) electrons. The Hall–Kier alpha value is -4.51. The first kappa shape index (κ1) is 17.6. The van der Waals surface area contributed by atoms with Crippen molar-refractivity contribution in [3.05, 3.63) is 66.5 Å². The number of fused-ring (bicyclic) bond motifs is 2. The first-order valence-corrected chi connectivity index (χ1v) is 9.34. The summed E-state index contributed by atoms with van der Waals surface area (Å²) < 4.78 is 1.75. The van der Waals surface area contributed by atoms with Gasteiger partial charge in [-0.25, -0.2) is 9.50 Å². The van der Waals surface area contributed by atoms with Gasteiger partial charge >= 0.3 is 0 Å². The maximum atomic E-state index is 11.4. The fourth-order valence-corrected chi connectivity index (χ4v) is 3.53. The van der Waals surface area contributed by atoms with Crippen LogP contribution in [-0.4, -0.2) is 25.5 Å². The normalized spacial score (nSPS) is 10.9. The summed E-state index contributed by atoms with van der Waals surface area (Å²) >= 11 is 0. The van der Waals surface area contributed by atoms with E-state index >= 15 is 0 Å². The molecule has 5 rings (SSSR count). The van der Waals surface area contributed by atoms with Crippen LogP contribution < -0.4 is 10.6 Å². The number of carbonyl (C=O) groups is 1. The zero-order valence-electron chi connectivity index (χ0n) is 16.0. The Morgan fingerprint density at radius 1 is 1.17 bits per heavy atom. The van der Waals surface area contributed by atoms with Gasteiger partial charge in [-0.3, -0.25) is 9.89 Å². The van der Waals surface area contributed by atoms with E-state index in [0.29, 0.717) is 28.4 Å². The second kappa shape index (κ2) is 6.83. The van der Waals surface area contributed by atoms with Crippen molar-refractivity contribution in [1.82, 2.24) is 19.6 Å². The number of aromatic nitrogens is 4. The average Bonchev–Trinajstić information content (AvgIpc) is 3.43. The van der Waals surface area contributed by atoms with E-state index in [1.54, 1.807) is 10.7 Å². The van der Waals surface area contributed by atoms with E-state index in [9.17, 15) is 10.1 Å². The minimum absolute atomic E-state index is 0.137. The molecule has 0 unspecified atom stereocenters. The zero-order chi connectivity index (χ0) is 20.7. The van der Waals surface area contributed by atoms with Crippen LogP contribution in [0.25, 0.3) is 27.8 Å². The van der Waals surface area contributed by atoms with E-state index in [2.05, 4.69) is 26.8 Å². The molecule has 0 saturated heterocycles. The van der Waals surface area contributed by atoms with E-state index < -0.39 is 0 Å². The quantitative estimate of drug-likeness (QED) is 0.361. The Morgan fingerprint density at radius 2 is 2.03 bits per heavy atom. The van der Waals surface area contributed by atoms with Gasteiger partial charge in [0, 0.05) is 41.8 Å². The van der Waals surface area contributed by atoms with Gasteiger partial charge in [-0.1, -0.05) is 18.2 Å². The van der Waals surface area contributed by atoms with Crippen molar-refractivity contribution in [1.29, 1.82) is 5.26 Å². The van der Waals surface area contributed by atoms with Crippen LogP contribution in [0.15, 0.2) is 60.9 Å². The van der Waals surface area contributed by atoms with Crippen LogP contribution in [0.2, 0.25) is 0 Å². The number of benzene rings is 2. The first-order valence-electron chi connectivity index (χ1n) is 9.34. The summed E-state index contributed by atoms with van der Waals surface area (Å²) in [4.78, 5) is 19.3. The van der Waals surface area contributed by atoms with Gasteiger partial charge in [-0.2, -0.15) is 5.26 Å². The smallest absolute Gasteiger partial charge is 0.221 e. The highest BCUT2D eigenvalue weighted by molar-refractivity contribution is 5.90. The van der Waals surface area contributed by atoms with Crippen LogP contribution in [0.1, 0.15) is 12.5 Å². The van der Waals surface area contributed by atoms with Crippen molar-refractivity contribution in [3.63, 3.8) is 0 Å². The van der Waals surface area contributed by atoms with Crippen LogP contribution in [0.4, 0.5) is 17.2 Å². The third-order valence-corrected chi connectivity index (χ3v) is 4.85. The number of anilines is 3. The van der Waals surface area contributed by atoms with Gasteiger partial charge in [0.1, 0.15) is 17.3 Å². The molecule has 0 atom stereocenters. The highest BCUT2D eigenvalue weighted by atomic mass is 16.1. The molecule has 3 heterocycles. The fraction of sp³-hybridized carbons (Fsp3) is 0.0455. The SMILES string of the molecule is CC(=O)Nc1cccc(Nc2c(-c3ccc4cc[nH]c4c3)nc3c(C#N)c[nH]n23)c1. The van der Waals surface area contributed by atoms with Gasteiger partial charge in [0.2, 0.25) is 5.91 Å². The highest BCUT2D eigenvalue weighted by Crippen LogP contribution is 2.33. The van der Waals surface area contributed by atoms with E-state index in [1.165, 1.54) is 6.92 Å². The molecule has 5 aromatic rings. The van der Waals surface area contributed by atoms with Crippen molar-refractivity contribution in [2.24, 2.45) is 0 Å². The number of nitriles is 1. The molecule has 0 aliphatic carbocycles. The topological polar surface area (TPSA) is 114 Å². The lowest BCUT2D eigenvalue weighted by Crippen LogP contribution is -2.06. The lowest BCUT2D eigenvalue weighted by Gasteiger charge is -2.10. The molecule has 30 heavy (non-hydrogen) atoms. The van der Waals surface area contributed by atoms with Gasteiger partial charge in [0.25, 0.3) is 0 Å². The maximum absolute atomic E-state index is 11.4. The third-order valence-electron chi connectivity index (χ3n) is 4.85. The Kier molecular flexibility index (Phi) is 4.00. The van der Waals surface area contributed by atoms with Crippen molar-refractivity contribution in [3.8, 4) is 17.3 Å². The van der Waals surface area contributed by atoms with Crippen LogP contribution >= 0.6 is 0 Å². The molecule has 8 nitrogen and oxygen atoms in total. The number of carbonyl (C=O) groups excluding carboxylic acids is 1. The lowest BCUT2D eigenvalue weighted by atomic mass is 10.1. The average molecular weight is 395 g/mol. The van der Waals surface area contributed by atoms with Gasteiger partial charge in [0.05, 0.1) is 0 Å². The summed E-state index contributed by atoms with van der Waals surface area (Å²) in [6, 6.07) is 17.7. The van der Waals surface area contributed by atoms with Crippen molar-refractivity contribution in [2.75, 3.05) is 10.6 Å². The largest absolute Gasteiger partial charge is 0.361 e. The number of nitrogens with zero attached hydrogens (tertiary/aromatic N) is 3. The second-order valence-electron chi connectivity index (χ2n) is 6.93. The molecule has 0 bridgehead atoms. The number of hydrogen-bond donors (Lipinski definition) is 4. The number of rotatable bonds is 4. The molecule has 0 fully saturated rings. The molecule has 1 amide bonds. The molecular formula is C22H17N7O. The van der Waals surface area contributed by atoms with Crippen molar-refractivity contribution >= 4 is 39.6 Å². The number of H-pyrrole nitrogens is 2. The minimum atomic E-state index is -0.137. The monoisotopic (exact) mass is 395 g/mol. The number of amides is 1. The maximum Gasteiger partial charge on any atom is 0.221 e. The van der Waals surface area contributed by atoms with Crippen LogP contribution in [0.3, 0.4) is 0 Å². The van der Waals surface area contributed by atoms with E-state index in [1.807, 2.05) is 54.7 Å². The zero-order valence-corrected chi connectivity index (χ0v) is 16.0. The molecule has 0 aliphatic heterocycles. The lowest BCUT2D eigenvalue weighted by molar-refractivity contribution is -0.114. The fourth-order valence-electron chi connectivity index (χ4n) is 3.53. The van der Waals surface area contributed by atoms with Crippen molar-refractivity contribution in [2.45, 2.75) is 6.92 Å². The molecule has 8 heteroatoms. The van der Waals surface area contributed by atoms with E-state index in [-0.39, 0.29) is 5.91 Å². The summed E-state index contributed by atoms with van der Waals surface area (Å²) in [6.07, 6.45) is 3.52. The molecule has 0 saturated carbocycles. The first-order chi connectivity index (χ1) is 14.6. The Labute approximate surface area is 171 Å². The molecule has 2 aromatic carbocycles. The minimum Gasteiger partial charge on any atom is -0.361 e. The van der Waals surface area contributed by atoms with Crippen molar-refractivity contribution < 1.29 is 4.79 Å². The van der Waals surface area contributed by atoms with Gasteiger partial charge in [0.15, 0.2) is 11.5 Å². The van der Waals surface area contributed by atoms with Gasteiger partial charge in [-0.05, 0) is 35.7 Å². The number of nitrogens with one attached hydrogen (secondary N) is 4.